The molecule has 1 unspecified atom stereocenters. The van der Waals surface area contributed by atoms with Crippen molar-refractivity contribution in [3.8, 4) is 0 Å². The van der Waals surface area contributed by atoms with Gasteiger partial charge in [0.05, 0.1) is 0 Å². The molecular weight excluding hydrogens is 218 g/mol. The van der Waals surface area contributed by atoms with Gasteiger partial charge < -0.3 is 15.1 Å². The molecule has 17 heavy (non-hydrogen) atoms. The summed E-state index contributed by atoms with van der Waals surface area (Å²) in [6.07, 6.45) is 2.00. The quantitative estimate of drug-likeness (QED) is 0.669. The van der Waals surface area contributed by atoms with Gasteiger partial charge in [0.15, 0.2) is 0 Å². The first-order valence-electron chi connectivity index (χ1n) is 6.34. The van der Waals surface area contributed by atoms with Gasteiger partial charge in [0.2, 0.25) is 0 Å². The minimum absolute atomic E-state index is 0.360. The minimum Gasteiger partial charge on any atom is -0.336 e. The number of carbonyl (C=O) groups excluding carboxylic acids is 2. The van der Waals surface area contributed by atoms with Crippen molar-refractivity contribution in [2.45, 2.75) is 32.7 Å². The first kappa shape index (κ1) is 14.0. The maximum absolute atomic E-state index is 11.7. The lowest BCUT2D eigenvalue weighted by Crippen LogP contribution is -2.53. The van der Waals surface area contributed by atoms with Crippen LogP contribution < -0.4 is 5.32 Å². The largest absolute Gasteiger partial charge is 0.336 e. The Kier molecular flexibility index (Phi) is 5.41. The highest BCUT2D eigenvalue weighted by molar-refractivity contribution is 6.35. The third kappa shape index (κ3) is 4.00. The van der Waals surface area contributed by atoms with E-state index in [2.05, 4.69) is 19.2 Å². The lowest BCUT2D eigenvalue weighted by atomic mass is 10.2. The molecule has 1 saturated heterocycles. The molecule has 98 valence electrons. The van der Waals surface area contributed by atoms with Gasteiger partial charge in [-0.1, -0.05) is 6.92 Å². The normalized spacial score (nSPS) is 18.8. The van der Waals surface area contributed by atoms with Crippen LogP contribution in [0.5, 0.6) is 0 Å². The smallest absolute Gasteiger partial charge is 0.312 e. The fourth-order valence-corrected chi connectivity index (χ4v) is 1.83. The van der Waals surface area contributed by atoms with Crippen LogP contribution in [0.4, 0.5) is 0 Å². The predicted molar refractivity (Wildman–Crippen MR) is 66.6 cm³/mol. The van der Waals surface area contributed by atoms with Crippen LogP contribution in [0.1, 0.15) is 26.7 Å². The molecule has 0 aromatic rings. The second-order valence-corrected chi connectivity index (χ2v) is 4.66. The third-order valence-corrected chi connectivity index (χ3v) is 3.10. The van der Waals surface area contributed by atoms with E-state index < -0.39 is 0 Å². The lowest BCUT2D eigenvalue weighted by molar-refractivity contribution is -0.155. The molecule has 5 heteroatoms. The number of amides is 2. The van der Waals surface area contributed by atoms with Crippen molar-refractivity contribution in [1.29, 1.82) is 0 Å². The van der Waals surface area contributed by atoms with E-state index >= 15 is 0 Å². The van der Waals surface area contributed by atoms with Crippen LogP contribution >= 0.6 is 0 Å². The second-order valence-electron chi connectivity index (χ2n) is 4.66. The monoisotopic (exact) mass is 241 g/mol. The average molecular weight is 241 g/mol. The predicted octanol–water partition coefficient (Wildman–Crippen LogP) is 0.0652. The van der Waals surface area contributed by atoms with Gasteiger partial charge in [0.1, 0.15) is 0 Å². The van der Waals surface area contributed by atoms with Crippen molar-refractivity contribution in [2.24, 2.45) is 0 Å². The molecule has 0 radical (unpaired) electrons. The Hall–Kier alpha value is -1.10. The Balaban J connectivity index is 2.32. The standard InChI is InChI=1S/C12H23N3O2/c1-4-6-13-10(2)5-7-15-9-8-14(3)11(16)12(15)17/h10,13H,4-9H2,1-3H3. The van der Waals surface area contributed by atoms with E-state index in [-0.39, 0.29) is 11.8 Å². The number of hydrogen-bond donors (Lipinski definition) is 1. The summed E-state index contributed by atoms with van der Waals surface area (Å²) >= 11 is 0. The van der Waals surface area contributed by atoms with Crippen LogP contribution in [0.15, 0.2) is 0 Å². The van der Waals surface area contributed by atoms with E-state index in [4.69, 9.17) is 0 Å². The Labute approximate surface area is 103 Å². The van der Waals surface area contributed by atoms with E-state index in [9.17, 15) is 9.59 Å². The van der Waals surface area contributed by atoms with Gasteiger partial charge in [0, 0.05) is 32.7 Å². The van der Waals surface area contributed by atoms with Gasteiger partial charge in [-0.25, -0.2) is 0 Å². The second kappa shape index (κ2) is 6.59. The van der Waals surface area contributed by atoms with Crippen LogP contribution in [0, 0.1) is 0 Å². The fourth-order valence-electron chi connectivity index (χ4n) is 1.83. The molecule has 1 fully saturated rings. The van der Waals surface area contributed by atoms with E-state index in [1.54, 1.807) is 11.9 Å². The van der Waals surface area contributed by atoms with Crippen LogP contribution in [0.25, 0.3) is 0 Å². The molecule has 1 heterocycles. The number of nitrogens with one attached hydrogen (secondary N) is 1. The third-order valence-electron chi connectivity index (χ3n) is 3.10. The van der Waals surface area contributed by atoms with Crippen molar-refractivity contribution in [3.63, 3.8) is 0 Å². The molecule has 0 spiro atoms. The zero-order chi connectivity index (χ0) is 12.8. The lowest BCUT2D eigenvalue weighted by Gasteiger charge is -2.32. The van der Waals surface area contributed by atoms with E-state index in [0.717, 1.165) is 19.4 Å². The van der Waals surface area contributed by atoms with Gasteiger partial charge in [-0.3, -0.25) is 9.59 Å². The highest BCUT2D eigenvalue weighted by Gasteiger charge is 2.29. The molecular formula is C12H23N3O2. The minimum atomic E-state index is -0.384. The Morgan fingerprint density at radius 1 is 1.29 bits per heavy atom. The number of carbonyl (C=O) groups is 2. The highest BCUT2D eigenvalue weighted by Crippen LogP contribution is 2.05. The van der Waals surface area contributed by atoms with Crippen molar-refractivity contribution >= 4 is 11.8 Å². The van der Waals surface area contributed by atoms with Gasteiger partial charge in [0.25, 0.3) is 0 Å². The number of piperazine rings is 1. The molecule has 1 atom stereocenters. The summed E-state index contributed by atoms with van der Waals surface area (Å²) in [6.45, 7) is 7.19. The van der Waals surface area contributed by atoms with Crippen molar-refractivity contribution in [2.75, 3.05) is 33.2 Å². The molecule has 0 bridgehead atoms. The fraction of sp³-hybridized carbons (Fsp3) is 0.833. The molecule has 5 nitrogen and oxygen atoms in total. The van der Waals surface area contributed by atoms with Crippen molar-refractivity contribution in [3.05, 3.63) is 0 Å². The van der Waals surface area contributed by atoms with Crippen LogP contribution in [-0.2, 0) is 9.59 Å². The molecule has 1 aliphatic rings. The van der Waals surface area contributed by atoms with E-state index in [0.29, 0.717) is 25.7 Å². The first-order chi connectivity index (χ1) is 8.06. The zero-order valence-electron chi connectivity index (χ0n) is 11.0. The molecule has 0 aromatic carbocycles. The highest BCUT2D eigenvalue weighted by atomic mass is 16.2. The summed E-state index contributed by atoms with van der Waals surface area (Å²) in [5.41, 5.74) is 0. The van der Waals surface area contributed by atoms with Gasteiger partial charge in [-0.2, -0.15) is 0 Å². The Morgan fingerprint density at radius 2 is 2.00 bits per heavy atom. The molecule has 1 rings (SSSR count). The molecule has 2 amide bonds. The topological polar surface area (TPSA) is 52.6 Å². The molecule has 1 aliphatic heterocycles. The summed E-state index contributed by atoms with van der Waals surface area (Å²) in [4.78, 5) is 26.3. The van der Waals surface area contributed by atoms with Gasteiger partial charge in [-0.15, -0.1) is 0 Å². The van der Waals surface area contributed by atoms with Gasteiger partial charge >= 0.3 is 11.8 Å². The summed E-state index contributed by atoms with van der Waals surface area (Å²) < 4.78 is 0. The van der Waals surface area contributed by atoms with E-state index in [1.165, 1.54) is 4.90 Å². The summed E-state index contributed by atoms with van der Waals surface area (Å²) in [5.74, 6) is -0.744. The van der Waals surface area contributed by atoms with Crippen molar-refractivity contribution < 1.29 is 9.59 Å². The Morgan fingerprint density at radius 3 is 2.65 bits per heavy atom. The van der Waals surface area contributed by atoms with E-state index in [1.807, 2.05) is 0 Å². The van der Waals surface area contributed by atoms with Crippen LogP contribution in [0.3, 0.4) is 0 Å². The summed E-state index contributed by atoms with van der Waals surface area (Å²) in [5, 5.41) is 3.37. The number of rotatable bonds is 6. The summed E-state index contributed by atoms with van der Waals surface area (Å²) in [6, 6.07) is 0.387. The number of nitrogens with zero attached hydrogens (tertiary/aromatic N) is 2. The molecule has 0 aliphatic carbocycles. The maximum Gasteiger partial charge on any atom is 0.312 e. The summed E-state index contributed by atoms with van der Waals surface area (Å²) in [7, 11) is 1.67. The molecule has 1 N–H and O–H groups in total. The molecule has 0 saturated carbocycles. The zero-order valence-corrected chi connectivity index (χ0v) is 11.0. The van der Waals surface area contributed by atoms with Gasteiger partial charge in [-0.05, 0) is 26.3 Å². The molecule has 0 aromatic heterocycles. The SMILES string of the molecule is CCCNC(C)CCN1CCN(C)C(=O)C1=O. The number of likely N-dealkylation sites (N-methyl/N-ethyl adjacent to an activating group) is 1. The first-order valence-corrected chi connectivity index (χ1v) is 6.34. The average Bonchev–Trinajstić information content (AvgIpc) is 2.32. The Bertz CT molecular complexity index is 281. The maximum atomic E-state index is 11.7. The van der Waals surface area contributed by atoms with Crippen LogP contribution in [0.2, 0.25) is 0 Å². The van der Waals surface area contributed by atoms with Crippen LogP contribution in [-0.4, -0.2) is 60.9 Å². The van der Waals surface area contributed by atoms with Crippen molar-refractivity contribution in [1.82, 2.24) is 15.1 Å². The number of hydrogen-bond acceptors (Lipinski definition) is 3.